The monoisotopic (exact) mass is 306 g/mol. The van der Waals surface area contributed by atoms with Crippen molar-refractivity contribution in [3.8, 4) is 0 Å². The molecule has 0 amide bonds. The highest BCUT2D eigenvalue weighted by atomic mass is 32.2. The van der Waals surface area contributed by atoms with Crippen molar-refractivity contribution in [3.63, 3.8) is 0 Å². The number of hydrogen-bond donors (Lipinski definition) is 4. The van der Waals surface area contributed by atoms with Crippen LogP contribution in [0.5, 0.6) is 0 Å². The molecule has 0 aromatic heterocycles. The van der Waals surface area contributed by atoms with E-state index < -0.39 is 55.5 Å². The number of carboxylic acid groups (broad SMARTS) is 2. The van der Waals surface area contributed by atoms with Crippen LogP contribution in [0.1, 0.15) is 12.8 Å². The van der Waals surface area contributed by atoms with Gasteiger partial charge >= 0.3 is 11.9 Å². The molecule has 2 atom stereocenters. The summed E-state index contributed by atoms with van der Waals surface area (Å²) in [4.78, 5) is 20.7. The summed E-state index contributed by atoms with van der Waals surface area (Å²) in [6.07, 6.45) is -2.73. The fourth-order valence-electron chi connectivity index (χ4n) is 1.20. The molecule has 0 spiro atoms. The maximum atomic E-state index is 10.9. The summed E-state index contributed by atoms with van der Waals surface area (Å²) in [5.74, 6) is -3.56. The van der Waals surface area contributed by atoms with Crippen LogP contribution < -0.4 is 0 Å². The lowest BCUT2D eigenvalue weighted by molar-refractivity contribution is -0.139. The average Bonchev–Trinajstić information content (AvgIpc) is 2.06. The molecule has 0 saturated heterocycles. The Bertz CT molecular complexity index is 479. The minimum absolute atomic E-state index is 1.36. The Kier molecular flexibility index (Phi) is 5.21. The molecule has 0 aromatic rings. The van der Waals surface area contributed by atoms with E-state index in [1.807, 2.05) is 0 Å². The Morgan fingerprint density at radius 3 is 1.11 bits per heavy atom. The lowest BCUT2D eigenvalue weighted by atomic mass is 10.2. The van der Waals surface area contributed by atoms with Crippen molar-refractivity contribution in [3.05, 3.63) is 0 Å². The maximum Gasteiger partial charge on any atom is 0.304 e. The molecule has 0 rings (SSSR count). The Hall–Kier alpha value is -1.24. The quantitative estimate of drug-likeness (QED) is 0.401. The zero-order valence-electron chi connectivity index (χ0n) is 8.62. The van der Waals surface area contributed by atoms with Crippen LogP contribution in [0.3, 0.4) is 0 Å². The van der Waals surface area contributed by atoms with Gasteiger partial charge in [0, 0.05) is 0 Å². The summed E-state index contributed by atoms with van der Waals surface area (Å²) in [5.41, 5.74) is 0. The van der Waals surface area contributed by atoms with Crippen LogP contribution in [0.15, 0.2) is 0 Å². The topological polar surface area (TPSA) is 183 Å². The highest BCUT2D eigenvalue weighted by Crippen LogP contribution is 2.19. The molecule has 0 aliphatic heterocycles. The lowest BCUT2D eigenvalue weighted by Crippen LogP contribution is -2.42. The number of hydrogen-bond acceptors (Lipinski definition) is 6. The fourth-order valence-corrected chi connectivity index (χ4v) is 3.71. The first-order chi connectivity index (χ1) is 7.85. The van der Waals surface area contributed by atoms with E-state index in [1.54, 1.807) is 0 Å². The number of carbonyl (C=O) groups is 2. The van der Waals surface area contributed by atoms with Crippen molar-refractivity contribution >= 4 is 32.2 Å². The highest BCUT2D eigenvalue weighted by molar-refractivity contribution is 7.90. The third-order valence-electron chi connectivity index (χ3n) is 1.93. The summed E-state index contributed by atoms with van der Waals surface area (Å²) in [6, 6.07) is 0. The predicted octanol–water partition coefficient (Wildman–Crippen LogP) is -1.55. The molecule has 12 heteroatoms. The minimum atomic E-state index is -5.17. The first kappa shape index (κ1) is 16.8. The molecule has 0 saturated carbocycles. The minimum Gasteiger partial charge on any atom is -0.481 e. The SMILES string of the molecule is O=C(O)CC(C(CC(=O)O)S(=O)(=O)O)S(=O)(=O)O. The normalized spacial score (nSPS) is 15.9. The van der Waals surface area contributed by atoms with Crippen LogP contribution in [0.4, 0.5) is 0 Å². The molecule has 10 nitrogen and oxygen atoms in total. The van der Waals surface area contributed by atoms with Crippen LogP contribution in [-0.4, -0.2) is 58.6 Å². The zero-order valence-corrected chi connectivity index (χ0v) is 10.3. The second-order valence-electron chi connectivity index (χ2n) is 3.30. The van der Waals surface area contributed by atoms with Crippen molar-refractivity contribution < 1.29 is 45.7 Å². The molecule has 0 fully saturated rings. The van der Waals surface area contributed by atoms with Gasteiger partial charge in [0.25, 0.3) is 20.2 Å². The van der Waals surface area contributed by atoms with Gasteiger partial charge in [-0.25, -0.2) is 0 Å². The smallest absolute Gasteiger partial charge is 0.304 e. The van der Waals surface area contributed by atoms with Crippen molar-refractivity contribution in [1.29, 1.82) is 0 Å². The van der Waals surface area contributed by atoms with Gasteiger partial charge in [-0.05, 0) is 0 Å². The van der Waals surface area contributed by atoms with Gasteiger partial charge < -0.3 is 10.2 Å². The van der Waals surface area contributed by atoms with E-state index >= 15 is 0 Å². The van der Waals surface area contributed by atoms with Gasteiger partial charge in [0.15, 0.2) is 0 Å². The maximum absolute atomic E-state index is 10.9. The van der Waals surface area contributed by atoms with Gasteiger partial charge in [-0.15, -0.1) is 0 Å². The molecule has 0 heterocycles. The standard InChI is InChI=1S/C6H10O10S2/c7-5(8)1-3(17(11,12)13)4(2-6(9)10)18(14,15)16/h3-4H,1-2H2,(H,7,8)(H,9,10)(H,11,12,13)(H,14,15,16). The fraction of sp³-hybridized carbons (Fsp3) is 0.667. The van der Waals surface area contributed by atoms with Crippen LogP contribution in [-0.2, 0) is 29.8 Å². The van der Waals surface area contributed by atoms with E-state index in [0.717, 1.165) is 0 Å². The summed E-state index contributed by atoms with van der Waals surface area (Å²) in [7, 11) is -10.3. The number of aliphatic carboxylic acids is 2. The molecule has 2 unspecified atom stereocenters. The van der Waals surface area contributed by atoms with Crippen molar-refractivity contribution in [1.82, 2.24) is 0 Å². The van der Waals surface area contributed by atoms with E-state index in [1.165, 1.54) is 0 Å². The molecular weight excluding hydrogens is 296 g/mol. The van der Waals surface area contributed by atoms with E-state index in [0.29, 0.717) is 0 Å². The molecule has 0 aromatic carbocycles. The van der Waals surface area contributed by atoms with Gasteiger partial charge in [0.1, 0.15) is 10.5 Å². The predicted molar refractivity (Wildman–Crippen MR) is 55.2 cm³/mol. The molecule has 106 valence electrons. The van der Waals surface area contributed by atoms with Crippen LogP contribution in [0, 0.1) is 0 Å². The molecule has 0 bridgehead atoms. The summed E-state index contributed by atoms with van der Waals surface area (Å²) in [5, 5.41) is 11.9. The third-order valence-corrected chi connectivity index (χ3v) is 4.62. The zero-order chi connectivity index (χ0) is 14.7. The van der Waals surface area contributed by atoms with E-state index in [-0.39, 0.29) is 0 Å². The van der Waals surface area contributed by atoms with Crippen LogP contribution in [0.2, 0.25) is 0 Å². The molecular formula is C6H10O10S2. The van der Waals surface area contributed by atoms with Gasteiger partial charge in [-0.1, -0.05) is 0 Å². The first-order valence-corrected chi connectivity index (χ1v) is 7.22. The van der Waals surface area contributed by atoms with Crippen molar-refractivity contribution in [2.75, 3.05) is 0 Å². The Morgan fingerprint density at radius 1 is 0.778 bits per heavy atom. The molecule has 0 aliphatic carbocycles. The van der Waals surface area contributed by atoms with Crippen molar-refractivity contribution in [2.24, 2.45) is 0 Å². The number of carboxylic acids is 2. The van der Waals surface area contributed by atoms with Crippen LogP contribution in [0.25, 0.3) is 0 Å². The lowest BCUT2D eigenvalue weighted by Gasteiger charge is -2.19. The molecule has 0 radical (unpaired) electrons. The molecule has 18 heavy (non-hydrogen) atoms. The summed E-state index contributed by atoms with van der Waals surface area (Å²) in [6.45, 7) is 0. The van der Waals surface area contributed by atoms with E-state index in [2.05, 4.69) is 0 Å². The number of rotatable bonds is 7. The van der Waals surface area contributed by atoms with Gasteiger partial charge in [0.05, 0.1) is 12.8 Å². The van der Waals surface area contributed by atoms with Gasteiger partial charge in [-0.3, -0.25) is 18.7 Å². The average molecular weight is 306 g/mol. The van der Waals surface area contributed by atoms with Crippen molar-refractivity contribution in [2.45, 2.75) is 23.3 Å². The third kappa shape index (κ3) is 5.39. The molecule has 0 aliphatic rings. The summed E-state index contributed by atoms with van der Waals surface area (Å²) >= 11 is 0. The van der Waals surface area contributed by atoms with E-state index in [9.17, 15) is 26.4 Å². The molecule has 4 N–H and O–H groups in total. The second kappa shape index (κ2) is 5.60. The first-order valence-electron chi connectivity index (χ1n) is 4.22. The van der Waals surface area contributed by atoms with Crippen LogP contribution >= 0.6 is 0 Å². The second-order valence-corrected chi connectivity index (χ2v) is 6.57. The Morgan fingerprint density at radius 2 is 1.00 bits per heavy atom. The Labute approximate surface area is 102 Å². The Balaban J connectivity index is 5.63. The van der Waals surface area contributed by atoms with E-state index in [4.69, 9.17) is 19.3 Å². The highest BCUT2D eigenvalue weighted by Gasteiger charge is 2.42. The summed E-state index contributed by atoms with van der Waals surface area (Å²) < 4.78 is 60.9. The van der Waals surface area contributed by atoms with Gasteiger partial charge in [-0.2, -0.15) is 16.8 Å². The largest absolute Gasteiger partial charge is 0.481 e. The van der Waals surface area contributed by atoms with Gasteiger partial charge in [0.2, 0.25) is 0 Å².